The fraction of sp³-hybridized carbons (Fsp3) is 0.429. The van der Waals surface area contributed by atoms with Gasteiger partial charge >= 0.3 is 6.03 Å². The summed E-state index contributed by atoms with van der Waals surface area (Å²) < 4.78 is 4.92. The van der Waals surface area contributed by atoms with Crippen molar-refractivity contribution in [3.8, 4) is 0 Å². The van der Waals surface area contributed by atoms with Crippen LogP contribution >= 0.6 is 0 Å². The van der Waals surface area contributed by atoms with Gasteiger partial charge in [0.1, 0.15) is 0 Å². The van der Waals surface area contributed by atoms with Gasteiger partial charge in [-0.3, -0.25) is 4.79 Å². The highest BCUT2D eigenvalue weighted by Crippen LogP contribution is 2.10. The van der Waals surface area contributed by atoms with Crippen molar-refractivity contribution in [3.05, 3.63) is 29.8 Å². The van der Waals surface area contributed by atoms with E-state index in [1.54, 1.807) is 31.4 Å². The zero-order valence-electron chi connectivity index (χ0n) is 11.8. The van der Waals surface area contributed by atoms with Gasteiger partial charge in [-0.05, 0) is 31.2 Å². The van der Waals surface area contributed by atoms with Crippen LogP contribution in [0.2, 0.25) is 0 Å². The van der Waals surface area contributed by atoms with E-state index in [1.165, 1.54) is 11.8 Å². The maximum Gasteiger partial charge on any atom is 0.321 e. The molecule has 0 radical (unpaired) electrons. The normalized spacial score (nSPS) is 10.2. The second kappa shape index (κ2) is 8.29. The Bertz CT molecular complexity index is 445. The average Bonchev–Trinajstić information content (AvgIpc) is 2.43. The number of rotatable bonds is 7. The maximum absolute atomic E-state index is 12.0. The smallest absolute Gasteiger partial charge is 0.321 e. The van der Waals surface area contributed by atoms with Crippen LogP contribution < -0.4 is 5.32 Å². The summed E-state index contributed by atoms with van der Waals surface area (Å²) in [5.74, 6) is -0.0233. The van der Waals surface area contributed by atoms with Gasteiger partial charge in [-0.2, -0.15) is 0 Å². The molecule has 0 saturated carbocycles. The third-order valence-electron chi connectivity index (χ3n) is 2.77. The molecule has 0 atom stereocenters. The topological polar surface area (TPSA) is 78.9 Å². The van der Waals surface area contributed by atoms with Crippen LogP contribution in [0.15, 0.2) is 24.3 Å². The number of aliphatic hydroxyl groups excluding tert-OH is 1. The van der Waals surface area contributed by atoms with Crippen LogP contribution in [0.3, 0.4) is 0 Å². The second-order valence-electron chi connectivity index (χ2n) is 4.27. The van der Waals surface area contributed by atoms with Gasteiger partial charge in [0.2, 0.25) is 0 Å². The van der Waals surface area contributed by atoms with Crippen molar-refractivity contribution in [2.75, 3.05) is 38.7 Å². The summed E-state index contributed by atoms with van der Waals surface area (Å²) in [5, 5.41) is 11.7. The molecule has 110 valence electrons. The van der Waals surface area contributed by atoms with E-state index in [-0.39, 0.29) is 25.0 Å². The van der Waals surface area contributed by atoms with E-state index < -0.39 is 0 Å². The summed E-state index contributed by atoms with van der Waals surface area (Å²) in [5.41, 5.74) is 1.19. The number of urea groups is 1. The molecular weight excluding hydrogens is 260 g/mol. The number of benzene rings is 1. The number of methoxy groups -OCH3 is 1. The number of nitrogens with one attached hydrogen (secondary N) is 1. The summed E-state index contributed by atoms with van der Waals surface area (Å²) in [7, 11) is 1.55. The number of amides is 2. The Morgan fingerprint density at radius 3 is 2.40 bits per heavy atom. The first-order valence-electron chi connectivity index (χ1n) is 6.35. The highest BCUT2D eigenvalue weighted by Gasteiger charge is 2.12. The molecule has 0 aromatic heterocycles. The van der Waals surface area contributed by atoms with Gasteiger partial charge in [0, 0.05) is 31.5 Å². The average molecular weight is 280 g/mol. The second-order valence-corrected chi connectivity index (χ2v) is 4.27. The molecule has 0 aliphatic heterocycles. The van der Waals surface area contributed by atoms with Crippen LogP contribution in [0.5, 0.6) is 0 Å². The Kier molecular flexibility index (Phi) is 6.69. The summed E-state index contributed by atoms with van der Waals surface area (Å²) in [6.45, 7) is 2.41. The van der Waals surface area contributed by atoms with Crippen LogP contribution in [0.1, 0.15) is 17.3 Å². The van der Waals surface area contributed by atoms with Crippen LogP contribution in [0.4, 0.5) is 10.5 Å². The fourth-order valence-corrected chi connectivity index (χ4v) is 1.63. The number of anilines is 1. The Hall–Kier alpha value is -1.92. The van der Waals surface area contributed by atoms with E-state index in [1.807, 2.05) is 0 Å². The van der Waals surface area contributed by atoms with E-state index >= 15 is 0 Å². The minimum Gasteiger partial charge on any atom is -0.395 e. The minimum absolute atomic E-state index is 0.0233. The molecule has 1 aromatic rings. The Morgan fingerprint density at radius 1 is 1.25 bits per heavy atom. The number of ketones is 1. The molecular formula is C14H20N2O4. The van der Waals surface area contributed by atoms with Crippen molar-refractivity contribution in [3.63, 3.8) is 0 Å². The van der Waals surface area contributed by atoms with Gasteiger partial charge in [-0.25, -0.2) is 4.79 Å². The Balaban J connectivity index is 2.64. The zero-order valence-corrected chi connectivity index (χ0v) is 11.8. The number of hydrogen-bond donors (Lipinski definition) is 2. The molecule has 6 nitrogen and oxygen atoms in total. The molecule has 0 fully saturated rings. The third kappa shape index (κ3) is 4.99. The lowest BCUT2D eigenvalue weighted by Crippen LogP contribution is -2.39. The van der Waals surface area contributed by atoms with Crippen LogP contribution in [-0.2, 0) is 4.74 Å². The number of Topliss-reactive ketones (excluding diaryl/α,β-unsaturated/α-hetero) is 1. The van der Waals surface area contributed by atoms with Crippen molar-refractivity contribution in [2.24, 2.45) is 0 Å². The van der Waals surface area contributed by atoms with Crippen LogP contribution in [0, 0.1) is 0 Å². The van der Waals surface area contributed by atoms with Crippen molar-refractivity contribution in [1.29, 1.82) is 0 Å². The summed E-state index contributed by atoms with van der Waals surface area (Å²) in [4.78, 5) is 24.6. The maximum atomic E-state index is 12.0. The Labute approximate surface area is 118 Å². The summed E-state index contributed by atoms with van der Waals surface area (Å²) in [6, 6.07) is 6.34. The largest absolute Gasteiger partial charge is 0.395 e. The van der Waals surface area contributed by atoms with E-state index in [4.69, 9.17) is 9.84 Å². The van der Waals surface area contributed by atoms with Crippen LogP contribution in [0.25, 0.3) is 0 Å². The zero-order chi connectivity index (χ0) is 15.0. The first-order valence-corrected chi connectivity index (χ1v) is 6.35. The van der Waals surface area contributed by atoms with E-state index in [9.17, 15) is 9.59 Å². The number of aliphatic hydroxyl groups is 1. The first kappa shape index (κ1) is 16.1. The molecule has 0 heterocycles. The van der Waals surface area contributed by atoms with Gasteiger partial charge in [-0.15, -0.1) is 0 Å². The van der Waals surface area contributed by atoms with Crippen LogP contribution in [-0.4, -0.2) is 55.2 Å². The molecule has 6 heteroatoms. The third-order valence-corrected chi connectivity index (χ3v) is 2.77. The number of carbonyl (C=O) groups is 2. The molecule has 2 N–H and O–H groups in total. The molecule has 0 aliphatic carbocycles. The predicted octanol–water partition coefficient (Wildman–Crippen LogP) is 1.36. The van der Waals surface area contributed by atoms with E-state index in [0.29, 0.717) is 24.4 Å². The molecule has 2 amide bonds. The first-order chi connectivity index (χ1) is 9.58. The summed E-state index contributed by atoms with van der Waals surface area (Å²) in [6.07, 6.45) is 0. The molecule has 0 bridgehead atoms. The molecule has 0 unspecified atom stereocenters. The number of ether oxygens (including phenoxy) is 1. The predicted molar refractivity (Wildman–Crippen MR) is 76.0 cm³/mol. The number of nitrogens with zero attached hydrogens (tertiary/aromatic N) is 1. The quantitative estimate of drug-likeness (QED) is 0.739. The van der Waals surface area contributed by atoms with E-state index in [0.717, 1.165) is 0 Å². The number of hydrogen-bond acceptors (Lipinski definition) is 4. The number of carbonyl (C=O) groups excluding carboxylic acids is 2. The highest BCUT2D eigenvalue weighted by atomic mass is 16.5. The lowest BCUT2D eigenvalue weighted by atomic mass is 10.1. The molecule has 20 heavy (non-hydrogen) atoms. The monoisotopic (exact) mass is 280 g/mol. The Morgan fingerprint density at radius 2 is 1.90 bits per heavy atom. The molecule has 0 saturated heterocycles. The van der Waals surface area contributed by atoms with Crippen molar-refractivity contribution in [2.45, 2.75) is 6.92 Å². The van der Waals surface area contributed by atoms with Gasteiger partial charge in [0.05, 0.1) is 13.2 Å². The van der Waals surface area contributed by atoms with Gasteiger partial charge in [-0.1, -0.05) is 0 Å². The fourth-order valence-electron chi connectivity index (χ4n) is 1.63. The van der Waals surface area contributed by atoms with Gasteiger partial charge < -0.3 is 20.1 Å². The van der Waals surface area contributed by atoms with Crippen molar-refractivity contribution < 1.29 is 19.4 Å². The lowest BCUT2D eigenvalue weighted by Gasteiger charge is -2.21. The lowest BCUT2D eigenvalue weighted by molar-refractivity contribution is 0.101. The molecule has 0 aliphatic rings. The minimum atomic E-state index is -0.313. The SMILES string of the molecule is COCCN(CCO)C(=O)Nc1ccc(C(C)=O)cc1. The van der Waals surface area contributed by atoms with Gasteiger partial charge in [0.25, 0.3) is 0 Å². The molecule has 1 aromatic carbocycles. The highest BCUT2D eigenvalue weighted by molar-refractivity contribution is 5.95. The van der Waals surface area contributed by atoms with Crippen molar-refractivity contribution in [1.82, 2.24) is 4.90 Å². The van der Waals surface area contributed by atoms with Crippen molar-refractivity contribution >= 4 is 17.5 Å². The van der Waals surface area contributed by atoms with E-state index in [2.05, 4.69) is 5.32 Å². The standard InChI is InChI=1S/C14H20N2O4/c1-11(18)12-3-5-13(6-4-12)15-14(19)16(7-9-17)8-10-20-2/h3-6,17H,7-10H2,1-2H3,(H,15,19). The van der Waals surface area contributed by atoms with Gasteiger partial charge in [0.15, 0.2) is 5.78 Å². The summed E-state index contributed by atoms with van der Waals surface area (Å²) >= 11 is 0. The molecule has 1 rings (SSSR count). The molecule has 0 spiro atoms.